The minimum Gasteiger partial charge on any atom is -0.457 e. The zero-order valence-electron chi connectivity index (χ0n) is 19.3. The highest BCUT2D eigenvalue weighted by molar-refractivity contribution is 7.92. The number of hydrogen-bond donors (Lipinski definition) is 3. The van der Waals surface area contributed by atoms with Crippen molar-refractivity contribution in [3.8, 4) is 11.5 Å². The SMILES string of the molecule is O=S(=O)(Nc1cnc2ccccc2n1)c1ccc(NC(=S)Nc2ccc(Oc3ccccc3)cc2)cc1. The lowest BCUT2D eigenvalue weighted by Crippen LogP contribution is -2.19. The van der Waals surface area contributed by atoms with Crippen LogP contribution in [0.15, 0.2) is 114 Å². The van der Waals surface area contributed by atoms with Crippen molar-refractivity contribution in [2.75, 3.05) is 15.4 Å². The molecule has 1 heterocycles. The number of nitrogens with zero attached hydrogens (tertiary/aromatic N) is 2. The van der Waals surface area contributed by atoms with Gasteiger partial charge < -0.3 is 15.4 Å². The molecule has 0 amide bonds. The molecule has 0 aliphatic heterocycles. The van der Waals surface area contributed by atoms with E-state index >= 15 is 0 Å². The Balaban J connectivity index is 1.18. The predicted molar refractivity (Wildman–Crippen MR) is 150 cm³/mol. The Morgan fingerprint density at radius 1 is 0.703 bits per heavy atom. The molecule has 5 aromatic rings. The van der Waals surface area contributed by atoms with Gasteiger partial charge in [-0.05, 0) is 85.0 Å². The molecule has 1 aromatic heterocycles. The summed E-state index contributed by atoms with van der Waals surface area (Å²) in [4.78, 5) is 8.63. The van der Waals surface area contributed by atoms with E-state index in [-0.39, 0.29) is 10.7 Å². The lowest BCUT2D eigenvalue weighted by atomic mass is 10.3. The number of hydrogen-bond acceptors (Lipinski definition) is 6. The molecule has 0 spiro atoms. The quantitative estimate of drug-likeness (QED) is 0.220. The summed E-state index contributed by atoms with van der Waals surface area (Å²) >= 11 is 5.39. The average molecular weight is 528 g/mol. The maximum Gasteiger partial charge on any atom is 0.263 e. The van der Waals surface area contributed by atoms with Crippen LogP contribution in [0, 0.1) is 0 Å². The Bertz CT molecular complexity index is 1640. The van der Waals surface area contributed by atoms with Gasteiger partial charge in [0.2, 0.25) is 0 Å². The number of ether oxygens (including phenoxy) is 1. The summed E-state index contributed by atoms with van der Waals surface area (Å²) in [5.74, 6) is 1.61. The van der Waals surface area contributed by atoms with Gasteiger partial charge in [-0.1, -0.05) is 30.3 Å². The fourth-order valence-corrected chi connectivity index (χ4v) is 4.67. The molecule has 0 bridgehead atoms. The number of anilines is 3. The summed E-state index contributed by atoms with van der Waals surface area (Å²) in [5.41, 5.74) is 2.69. The van der Waals surface area contributed by atoms with E-state index in [2.05, 4.69) is 25.3 Å². The fraction of sp³-hybridized carbons (Fsp3) is 0. The van der Waals surface area contributed by atoms with Crippen LogP contribution >= 0.6 is 12.2 Å². The van der Waals surface area contributed by atoms with Gasteiger partial charge in [-0.3, -0.25) is 9.71 Å². The van der Waals surface area contributed by atoms with Gasteiger partial charge >= 0.3 is 0 Å². The Morgan fingerprint density at radius 2 is 1.27 bits per heavy atom. The standard InChI is InChI=1S/C27H21N5O3S2/c33-37(34,32-26-18-28-24-8-4-5-9-25(24)31-26)23-16-12-20(13-17-23)30-27(36)29-19-10-14-22(15-11-19)35-21-6-2-1-3-7-21/h1-18H,(H,31,32)(H2,29,30,36). The number of para-hydroxylation sites is 3. The number of aromatic nitrogens is 2. The molecular formula is C27H21N5O3S2. The third-order valence-electron chi connectivity index (χ3n) is 5.20. The van der Waals surface area contributed by atoms with Crippen molar-refractivity contribution < 1.29 is 13.2 Å². The van der Waals surface area contributed by atoms with Crippen LogP contribution in [0.3, 0.4) is 0 Å². The molecule has 10 heteroatoms. The first kappa shape index (κ1) is 24.2. The molecule has 184 valence electrons. The minimum atomic E-state index is -3.84. The second-order valence-corrected chi connectivity index (χ2v) is 9.98. The summed E-state index contributed by atoms with van der Waals surface area (Å²) in [6, 6.07) is 30.4. The smallest absolute Gasteiger partial charge is 0.263 e. The number of nitrogens with one attached hydrogen (secondary N) is 3. The summed E-state index contributed by atoms with van der Waals surface area (Å²) in [5, 5.41) is 6.50. The molecule has 0 atom stereocenters. The van der Waals surface area contributed by atoms with Crippen molar-refractivity contribution in [1.82, 2.24) is 9.97 Å². The zero-order valence-corrected chi connectivity index (χ0v) is 21.0. The highest BCUT2D eigenvalue weighted by Gasteiger charge is 2.15. The van der Waals surface area contributed by atoms with E-state index in [4.69, 9.17) is 17.0 Å². The Hall–Kier alpha value is -4.54. The summed E-state index contributed by atoms with van der Waals surface area (Å²) in [6.07, 6.45) is 1.39. The Morgan fingerprint density at radius 3 is 1.95 bits per heavy atom. The van der Waals surface area contributed by atoms with Gasteiger partial charge in [-0.25, -0.2) is 13.4 Å². The topological polar surface area (TPSA) is 105 Å². The van der Waals surface area contributed by atoms with Crippen molar-refractivity contribution in [1.29, 1.82) is 0 Å². The second kappa shape index (κ2) is 10.6. The van der Waals surface area contributed by atoms with E-state index in [1.54, 1.807) is 24.3 Å². The van der Waals surface area contributed by atoms with Gasteiger partial charge in [0, 0.05) is 11.4 Å². The van der Waals surface area contributed by atoms with Gasteiger partial charge in [0.1, 0.15) is 11.5 Å². The van der Waals surface area contributed by atoms with Gasteiger partial charge in [-0.15, -0.1) is 0 Å². The van der Waals surface area contributed by atoms with Crippen LogP contribution in [0.1, 0.15) is 0 Å². The fourth-order valence-electron chi connectivity index (χ4n) is 3.44. The Kier molecular flexibility index (Phi) is 6.93. The molecule has 0 aliphatic rings. The van der Waals surface area contributed by atoms with Crippen LogP contribution in [0.2, 0.25) is 0 Å². The number of rotatable bonds is 7. The summed E-state index contributed by atoms with van der Waals surface area (Å²) in [6.45, 7) is 0. The molecular weight excluding hydrogens is 506 g/mol. The number of benzene rings is 4. The van der Waals surface area contributed by atoms with Crippen LogP contribution in [-0.2, 0) is 10.0 Å². The second-order valence-electron chi connectivity index (χ2n) is 7.89. The zero-order chi connectivity index (χ0) is 25.7. The van der Waals surface area contributed by atoms with Gasteiger partial charge in [0.15, 0.2) is 10.9 Å². The number of fused-ring (bicyclic) bond motifs is 1. The molecule has 0 unspecified atom stereocenters. The third kappa shape index (κ3) is 6.18. The van der Waals surface area contributed by atoms with E-state index in [9.17, 15) is 8.42 Å². The molecule has 0 fully saturated rings. The first-order chi connectivity index (χ1) is 17.9. The average Bonchev–Trinajstić information content (AvgIpc) is 2.90. The predicted octanol–water partition coefficient (Wildman–Crippen LogP) is 6.03. The molecule has 37 heavy (non-hydrogen) atoms. The lowest BCUT2D eigenvalue weighted by Gasteiger charge is -2.12. The molecule has 4 aromatic carbocycles. The van der Waals surface area contributed by atoms with E-state index < -0.39 is 10.0 Å². The van der Waals surface area contributed by atoms with Crippen LogP contribution in [0.25, 0.3) is 11.0 Å². The van der Waals surface area contributed by atoms with Gasteiger partial charge in [-0.2, -0.15) is 0 Å². The van der Waals surface area contributed by atoms with Gasteiger partial charge in [0.05, 0.1) is 22.1 Å². The summed E-state index contributed by atoms with van der Waals surface area (Å²) < 4.78 is 33.9. The molecule has 0 radical (unpaired) electrons. The van der Waals surface area contributed by atoms with E-state index in [0.29, 0.717) is 27.6 Å². The van der Waals surface area contributed by atoms with Gasteiger partial charge in [0.25, 0.3) is 10.0 Å². The first-order valence-corrected chi connectivity index (χ1v) is 13.1. The van der Waals surface area contributed by atoms with E-state index in [0.717, 1.165) is 11.4 Å². The maximum atomic E-state index is 12.8. The van der Waals surface area contributed by atoms with Crippen molar-refractivity contribution in [3.05, 3.63) is 109 Å². The molecule has 0 saturated carbocycles. The van der Waals surface area contributed by atoms with Crippen LogP contribution in [0.5, 0.6) is 11.5 Å². The lowest BCUT2D eigenvalue weighted by molar-refractivity contribution is 0.483. The molecule has 8 nitrogen and oxygen atoms in total. The van der Waals surface area contributed by atoms with Crippen LogP contribution in [0.4, 0.5) is 17.2 Å². The largest absolute Gasteiger partial charge is 0.457 e. The van der Waals surface area contributed by atoms with Crippen molar-refractivity contribution >= 4 is 55.6 Å². The maximum absolute atomic E-state index is 12.8. The van der Waals surface area contributed by atoms with E-state index in [1.807, 2.05) is 66.7 Å². The number of thiocarbonyl (C=S) groups is 1. The molecule has 3 N–H and O–H groups in total. The van der Waals surface area contributed by atoms with Crippen molar-refractivity contribution in [2.45, 2.75) is 4.90 Å². The van der Waals surface area contributed by atoms with Crippen LogP contribution < -0.4 is 20.1 Å². The highest BCUT2D eigenvalue weighted by atomic mass is 32.2. The molecule has 0 aliphatic carbocycles. The highest BCUT2D eigenvalue weighted by Crippen LogP contribution is 2.23. The normalized spacial score (nSPS) is 11.0. The number of sulfonamides is 1. The van der Waals surface area contributed by atoms with Crippen molar-refractivity contribution in [2.24, 2.45) is 0 Å². The molecule has 0 saturated heterocycles. The molecule has 5 rings (SSSR count). The van der Waals surface area contributed by atoms with Crippen molar-refractivity contribution in [3.63, 3.8) is 0 Å². The minimum absolute atomic E-state index is 0.0842. The van der Waals surface area contributed by atoms with Crippen LogP contribution in [-0.4, -0.2) is 23.5 Å². The third-order valence-corrected chi connectivity index (χ3v) is 6.78. The van der Waals surface area contributed by atoms with E-state index in [1.165, 1.54) is 18.3 Å². The Labute approximate surface area is 219 Å². The monoisotopic (exact) mass is 527 g/mol. The first-order valence-electron chi connectivity index (χ1n) is 11.2. The summed E-state index contributed by atoms with van der Waals surface area (Å²) in [7, 11) is -3.84.